The molecule has 1 aliphatic rings. The predicted octanol–water partition coefficient (Wildman–Crippen LogP) is 4.88. The van der Waals surface area contributed by atoms with E-state index in [2.05, 4.69) is 9.98 Å². The first-order valence-corrected chi connectivity index (χ1v) is 8.75. The van der Waals surface area contributed by atoms with Crippen LogP contribution in [0, 0.1) is 10.1 Å². The number of nitro groups is 1. The van der Waals surface area contributed by atoms with Crippen molar-refractivity contribution in [1.82, 2.24) is 4.98 Å². The molecule has 0 aliphatic carbocycles. The summed E-state index contributed by atoms with van der Waals surface area (Å²) in [6.45, 7) is 0.0413. The molecular formula is C21H13N3O5. The third kappa shape index (κ3) is 3.16. The van der Waals surface area contributed by atoms with Gasteiger partial charge in [0.05, 0.1) is 22.2 Å². The Kier molecular flexibility index (Phi) is 3.94. The van der Waals surface area contributed by atoms with E-state index in [1.54, 1.807) is 24.3 Å². The van der Waals surface area contributed by atoms with Crippen LogP contribution in [0.4, 0.5) is 11.4 Å². The molecule has 0 saturated carbocycles. The smallest absolute Gasteiger partial charge is 0.282 e. The van der Waals surface area contributed by atoms with Gasteiger partial charge in [-0.2, -0.15) is 0 Å². The average Bonchev–Trinajstić information content (AvgIpc) is 3.38. The highest BCUT2D eigenvalue weighted by atomic mass is 16.7. The fourth-order valence-electron chi connectivity index (χ4n) is 3.05. The Morgan fingerprint density at radius 3 is 2.62 bits per heavy atom. The zero-order valence-corrected chi connectivity index (χ0v) is 14.9. The van der Waals surface area contributed by atoms with Crippen molar-refractivity contribution in [3.63, 3.8) is 0 Å². The van der Waals surface area contributed by atoms with Crippen LogP contribution in [0.5, 0.6) is 11.5 Å². The maximum absolute atomic E-state index is 11.4. The number of nitro benzene ring substituents is 1. The van der Waals surface area contributed by atoms with Gasteiger partial charge < -0.3 is 13.9 Å². The molecule has 0 bridgehead atoms. The molecule has 5 rings (SSSR count). The lowest BCUT2D eigenvalue weighted by atomic mass is 10.1. The Bertz CT molecular complexity index is 1260. The largest absolute Gasteiger partial charge is 0.454 e. The minimum absolute atomic E-state index is 0.0413. The summed E-state index contributed by atoms with van der Waals surface area (Å²) >= 11 is 0. The van der Waals surface area contributed by atoms with E-state index in [-0.39, 0.29) is 12.5 Å². The molecule has 0 radical (unpaired) electrons. The van der Waals surface area contributed by atoms with Crippen molar-refractivity contribution in [3.05, 3.63) is 76.3 Å². The molecular weight excluding hydrogens is 374 g/mol. The van der Waals surface area contributed by atoms with Gasteiger partial charge in [-0.25, -0.2) is 4.98 Å². The fourth-order valence-corrected chi connectivity index (χ4v) is 3.05. The molecule has 1 aromatic heterocycles. The van der Waals surface area contributed by atoms with Crippen molar-refractivity contribution in [2.24, 2.45) is 4.99 Å². The Morgan fingerprint density at radius 1 is 1.03 bits per heavy atom. The van der Waals surface area contributed by atoms with E-state index < -0.39 is 4.92 Å². The van der Waals surface area contributed by atoms with Crippen LogP contribution >= 0.6 is 0 Å². The number of nitrogens with zero attached hydrogens (tertiary/aromatic N) is 3. The van der Waals surface area contributed by atoms with Crippen molar-refractivity contribution in [3.8, 4) is 23.0 Å². The van der Waals surface area contributed by atoms with Crippen LogP contribution in [-0.4, -0.2) is 22.9 Å². The van der Waals surface area contributed by atoms with Gasteiger partial charge in [-0.1, -0.05) is 18.2 Å². The van der Waals surface area contributed by atoms with Crippen LogP contribution in [0.3, 0.4) is 0 Å². The van der Waals surface area contributed by atoms with Crippen molar-refractivity contribution in [2.75, 3.05) is 6.79 Å². The number of ether oxygens (including phenoxy) is 2. The summed E-state index contributed by atoms with van der Waals surface area (Å²) in [7, 11) is 0. The molecule has 29 heavy (non-hydrogen) atoms. The van der Waals surface area contributed by atoms with Crippen LogP contribution in [0.25, 0.3) is 22.6 Å². The first kappa shape index (κ1) is 16.9. The van der Waals surface area contributed by atoms with Gasteiger partial charge in [-0.15, -0.1) is 0 Å². The molecule has 3 aromatic carbocycles. The highest BCUT2D eigenvalue weighted by Crippen LogP contribution is 2.37. The maximum Gasteiger partial charge on any atom is 0.282 e. The van der Waals surface area contributed by atoms with E-state index in [0.717, 1.165) is 5.56 Å². The van der Waals surface area contributed by atoms with Gasteiger partial charge in [0.25, 0.3) is 5.69 Å². The number of hydrogen-bond acceptors (Lipinski definition) is 7. The number of aliphatic imine (C=N–C) groups is 1. The van der Waals surface area contributed by atoms with Crippen LogP contribution < -0.4 is 9.47 Å². The van der Waals surface area contributed by atoms with Crippen molar-refractivity contribution in [2.45, 2.75) is 0 Å². The van der Waals surface area contributed by atoms with Gasteiger partial charge in [0.1, 0.15) is 5.52 Å². The molecule has 2 heterocycles. The van der Waals surface area contributed by atoms with Crippen LogP contribution in [-0.2, 0) is 0 Å². The standard InChI is InChI=1S/C21H13N3O5/c25-24(26)17-10-20-19(27-12-28-20)8-14(17)11-22-15-6-7-18-16(9-15)23-21(29-18)13-4-2-1-3-5-13/h1-11H,12H2. The molecule has 0 unspecified atom stereocenters. The third-order valence-corrected chi connectivity index (χ3v) is 4.46. The number of hydrogen-bond donors (Lipinski definition) is 0. The first-order chi connectivity index (χ1) is 14.2. The minimum Gasteiger partial charge on any atom is -0.454 e. The molecule has 142 valence electrons. The lowest BCUT2D eigenvalue weighted by molar-refractivity contribution is -0.385. The van der Waals surface area contributed by atoms with Crippen LogP contribution in [0.1, 0.15) is 5.56 Å². The molecule has 8 nitrogen and oxygen atoms in total. The van der Waals surface area contributed by atoms with Gasteiger partial charge in [0.2, 0.25) is 12.7 Å². The number of oxazole rings is 1. The van der Waals surface area contributed by atoms with Crippen molar-refractivity contribution < 1.29 is 18.8 Å². The van der Waals surface area contributed by atoms with E-state index in [4.69, 9.17) is 13.9 Å². The Hall–Kier alpha value is -4.20. The van der Waals surface area contributed by atoms with E-state index in [0.29, 0.717) is 39.7 Å². The average molecular weight is 387 g/mol. The Balaban J connectivity index is 1.49. The summed E-state index contributed by atoms with van der Waals surface area (Å²) in [5, 5.41) is 11.4. The normalized spacial score (nSPS) is 12.7. The van der Waals surface area contributed by atoms with Gasteiger partial charge in [-0.05, 0) is 36.4 Å². The second-order valence-corrected chi connectivity index (χ2v) is 6.32. The van der Waals surface area contributed by atoms with E-state index >= 15 is 0 Å². The molecule has 1 aliphatic heterocycles. The molecule has 4 aromatic rings. The molecule has 0 N–H and O–H groups in total. The molecule has 8 heteroatoms. The molecule has 0 atom stereocenters. The van der Waals surface area contributed by atoms with Gasteiger partial charge in [-0.3, -0.25) is 15.1 Å². The summed E-state index contributed by atoms with van der Waals surface area (Å²) < 4.78 is 16.3. The first-order valence-electron chi connectivity index (χ1n) is 8.75. The van der Waals surface area contributed by atoms with Gasteiger partial charge in [0, 0.05) is 11.8 Å². The topological polar surface area (TPSA) is 100.0 Å². The van der Waals surface area contributed by atoms with Gasteiger partial charge >= 0.3 is 0 Å². The molecule has 0 amide bonds. The zero-order chi connectivity index (χ0) is 19.8. The lowest BCUT2D eigenvalue weighted by Gasteiger charge is -2.00. The van der Waals surface area contributed by atoms with Crippen molar-refractivity contribution >= 4 is 28.7 Å². The Labute approximate surface area is 164 Å². The molecule has 0 fully saturated rings. The number of rotatable bonds is 4. The van der Waals surface area contributed by atoms with Gasteiger partial charge in [0.15, 0.2) is 17.1 Å². The summed E-state index contributed by atoms with van der Waals surface area (Å²) in [6.07, 6.45) is 1.43. The lowest BCUT2D eigenvalue weighted by Crippen LogP contribution is -1.94. The van der Waals surface area contributed by atoms with E-state index in [1.807, 2.05) is 30.3 Å². The van der Waals surface area contributed by atoms with Crippen LogP contribution in [0.2, 0.25) is 0 Å². The summed E-state index contributed by atoms with van der Waals surface area (Å²) in [6, 6.07) is 17.8. The quantitative estimate of drug-likeness (QED) is 0.281. The maximum atomic E-state index is 11.4. The highest BCUT2D eigenvalue weighted by Gasteiger charge is 2.22. The molecule has 0 saturated heterocycles. The second-order valence-electron chi connectivity index (χ2n) is 6.32. The monoisotopic (exact) mass is 387 g/mol. The second kappa shape index (κ2) is 6.75. The highest BCUT2D eigenvalue weighted by molar-refractivity contribution is 5.89. The number of benzene rings is 3. The number of aromatic nitrogens is 1. The van der Waals surface area contributed by atoms with Crippen molar-refractivity contribution in [1.29, 1.82) is 0 Å². The minimum atomic E-state index is -0.476. The van der Waals surface area contributed by atoms with Crippen LogP contribution in [0.15, 0.2) is 70.1 Å². The summed E-state index contributed by atoms with van der Waals surface area (Å²) in [5.74, 6) is 1.33. The summed E-state index contributed by atoms with van der Waals surface area (Å²) in [4.78, 5) is 19.8. The van der Waals surface area contributed by atoms with E-state index in [1.165, 1.54) is 12.3 Å². The summed E-state index contributed by atoms with van der Waals surface area (Å²) in [5.41, 5.74) is 2.98. The SMILES string of the molecule is O=[N+]([O-])c1cc2c(cc1C=Nc1ccc3oc(-c4ccccc4)nc3c1)OCO2. The zero-order valence-electron chi connectivity index (χ0n) is 14.9. The predicted molar refractivity (Wildman–Crippen MR) is 106 cm³/mol. The third-order valence-electron chi connectivity index (χ3n) is 4.46. The number of fused-ring (bicyclic) bond motifs is 2. The Morgan fingerprint density at radius 2 is 1.83 bits per heavy atom. The fraction of sp³-hybridized carbons (Fsp3) is 0.0476. The molecule has 0 spiro atoms. The van der Waals surface area contributed by atoms with E-state index in [9.17, 15) is 10.1 Å².